The molecule has 0 unspecified atom stereocenters. The molecule has 2 rings (SSSR count). The van der Waals surface area contributed by atoms with Gasteiger partial charge in [-0.3, -0.25) is 4.90 Å². The second-order valence-electron chi connectivity index (χ2n) is 4.14. The number of ether oxygens (including phenoxy) is 2. The summed E-state index contributed by atoms with van der Waals surface area (Å²) < 4.78 is 10.5. The number of nitrogens with zero attached hydrogens (tertiary/aromatic N) is 2. The maximum absolute atomic E-state index is 5.30. The molecular formula is C13H19N2O2. The lowest BCUT2D eigenvalue weighted by molar-refractivity contribution is 0.230. The van der Waals surface area contributed by atoms with Gasteiger partial charge in [-0.15, -0.1) is 0 Å². The van der Waals surface area contributed by atoms with E-state index in [0.717, 1.165) is 44.2 Å². The molecule has 0 bridgehead atoms. The molecule has 1 saturated heterocycles. The van der Waals surface area contributed by atoms with Gasteiger partial charge in [-0.25, -0.2) is 5.32 Å². The fourth-order valence-corrected chi connectivity index (χ4v) is 2.04. The third-order valence-corrected chi connectivity index (χ3v) is 3.00. The molecule has 0 atom stereocenters. The molecule has 1 aliphatic heterocycles. The van der Waals surface area contributed by atoms with Gasteiger partial charge >= 0.3 is 0 Å². The molecule has 17 heavy (non-hydrogen) atoms. The minimum atomic E-state index is 0.782. The Balaban J connectivity index is 2.05. The van der Waals surface area contributed by atoms with Crippen LogP contribution in [0.25, 0.3) is 0 Å². The second kappa shape index (κ2) is 5.89. The first-order chi connectivity index (χ1) is 8.33. The fraction of sp³-hybridized carbons (Fsp3) is 0.538. The molecule has 4 heteroatoms. The third-order valence-electron chi connectivity index (χ3n) is 3.00. The second-order valence-corrected chi connectivity index (χ2v) is 4.14. The van der Waals surface area contributed by atoms with E-state index in [1.165, 1.54) is 5.56 Å². The van der Waals surface area contributed by atoms with Crippen molar-refractivity contribution in [1.82, 2.24) is 10.2 Å². The molecule has 4 nitrogen and oxygen atoms in total. The van der Waals surface area contributed by atoms with Gasteiger partial charge in [-0.05, 0) is 17.7 Å². The molecule has 1 aromatic carbocycles. The van der Waals surface area contributed by atoms with Gasteiger partial charge < -0.3 is 9.47 Å². The van der Waals surface area contributed by atoms with Crippen LogP contribution < -0.4 is 14.8 Å². The van der Waals surface area contributed by atoms with Crippen molar-refractivity contribution in [3.63, 3.8) is 0 Å². The van der Waals surface area contributed by atoms with Crippen LogP contribution in [0, 0.1) is 0 Å². The van der Waals surface area contributed by atoms with E-state index >= 15 is 0 Å². The van der Waals surface area contributed by atoms with Gasteiger partial charge in [0.15, 0.2) is 11.5 Å². The van der Waals surface area contributed by atoms with E-state index in [0.29, 0.717) is 0 Å². The summed E-state index contributed by atoms with van der Waals surface area (Å²) in [5.74, 6) is 1.58. The Labute approximate surface area is 103 Å². The monoisotopic (exact) mass is 235 g/mol. The molecule has 1 heterocycles. The van der Waals surface area contributed by atoms with Crippen LogP contribution in [0.2, 0.25) is 0 Å². The van der Waals surface area contributed by atoms with Crippen LogP contribution in [0.4, 0.5) is 0 Å². The molecule has 0 N–H and O–H groups in total. The van der Waals surface area contributed by atoms with Gasteiger partial charge in [0.1, 0.15) is 0 Å². The molecule has 1 aliphatic rings. The quantitative estimate of drug-likeness (QED) is 0.784. The highest BCUT2D eigenvalue weighted by molar-refractivity contribution is 5.42. The fourth-order valence-electron chi connectivity index (χ4n) is 2.04. The summed E-state index contributed by atoms with van der Waals surface area (Å²) in [5, 5.41) is 4.34. The lowest BCUT2D eigenvalue weighted by Crippen LogP contribution is -2.39. The molecule has 1 aromatic rings. The highest BCUT2D eigenvalue weighted by atomic mass is 16.5. The van der Waals surface area contributed by atoms with Crippen molar-refractivity contribution >= 4 is 0 Å². The average Bonchev–Trinajstić information content (AvgIpc) is 2.40. The van der Waals surface area contributed by atoms with Crippen LogP contribution in [-0.2, 0) is 6.54 Å². The van der Waals surface area contributed by atoms with Crippen molar-refractivity contribution in [2.24, 2.45) is 0 Å². The van der Waals surface area contributed by atoms with E-state index in [2.05, 4.69) is 16.3 Å². The molecule has 93 valence electrons. The first-order valence-electron chi connectivity index (χ1n) is 5.90. The lowest BCUT2D eigenvalue weighted by atomic mass is 10.1. The van der Waals surface area contributed by atoms with Crippen LogP contribution in [0.3, 0.4) is 0 Å². The highest BCUT2D eigenvalue weighted by Gasteiger charge is 2.12. The van der Waals surface area contributed by atoms with Crippen molar-refractivity contribution in [2.75, 3.05) is 40.4 Å². The Bertz CT molecular complexity index is 362. The average molecular weight is 235 g/mol. The summed E-state index contributed by atoms with van der Waals surface area (Å²) in [6.45, 7) is 4.96. The Morgan fingerprint density at radius 3 is 2.47 bits per heavy atom. The number of piperazine rings is 1. The zero-order valence-electron chi connectivity index (χ0n) is 10.5. The van der Waals surface area contributed by atoms with Gasteiger partial charge in [0.25, 0.3) is 0 Å². The number of benzene rings is 1. The summed E-state index contributed by atoms with van der Waals surface area (Å²) >= 11 is 0. The maximum atomic E-state index is 5.30. The van der Waals surface area contributed by atoms with Crippen molar-refractivity contribution in [3.8, 4) is 11.5 Å². The third kappa shape index (κ3) is 3.11. The number of hydrogen-bond donors (Lipinski definition) is 0. The lowest BCUT2D eigenvalue weighted by Gasteiger charge is -2.26. The predicted molar refractivity (Wildman–Crippen MR) is 66.7 cm³/mol. The minimum absolute atomic E-state index is 0.782. The molecular weight excluding hydrogens is 216 g/mol. The van der Waals surface area contributed by atoms with Crippen LogP contribution in [0.1, 0.15) is 5.56 Å². The SMILES string of the molecule is COc1ccc(CN2CC[N]CC2)cc1OC. The Kier molecular flexibility index (Phi) is 4.23. The van der Waals surface area contributed by atoms with Crippen molar-refractivity contribution < 1.29 is 9.47 Å². The minimum Gasteiger partial charge on any atom is -0.493 e. The van der Waals surface area contributed by atoms with Gasteiger partial charge in [-0.2, -0.15) is 0 Å². The molecule has 0 amide bonds. The van der Waals surface area contributed by atoms with Crippen molar-refractivity contribution in [2.45, 2.75) is 6.54 Å². The zero-order chi connectivity index (χ0) is 12.1. The van der Waals surface area contributed by atoms with Crippen LogP contribution in [-0.4, -0.2) is 45.3 Å². The first-order valence-corrected chi connectivity index (χ1v) is 5.90. The summed E-state index contributed by atoms with van der Waals surface area (Å²) in [6.07, 6.45) is 0. The van der Waals surface area contributed by atoms with Gasteiger partial charge in [-0.1, -0.05) is 6.07 Å². The van der Waals surface area contributed by atoms with Crippen LogP contribution in [0.5, 0.6) is 11.5 Å². The standard InChI is InChI=1S/C13H19N2O2/c1-16-12-4-3-11(9-13(12)17-2)10-15-7-5-14-6-8-15/h3-4,9H,5-8,10H2,1-2H3. The molecule has 1 fully saturated rings. The van der Waals surface area contributed by atoms with E-state index in [9.17, 15) is 0 Å². The highest BCUT2D eigenvalue weighted by Crippen LogP contribution is 2.28. The molecule has 0 aromatic heterocycles. The van der Waals surface area contributed by atoms with Crippen LogP contribution >= 0.6 is 0 Å². The molecule has 0 saturated carbocycles. The van der Waals surface area contributed by atoms with E-state index in [1.807, 2.05) is 12.1 Å². The predicted octanol–water partition coefficient (Wildman–Crippen LogP) is 1.12. The maximum Gasteiger partial charge on any atom is 0.161 e. The first kappa shape index (κ1) is 12.2. The largest absolute Gasteiger partial charge is 0.493 e. The van der Waals surface area contributed by atoms with Crippen LogP contribution in [0.15, 0.2) is 18.2 Å². The van der Waals surface area contributed by atoms with Crippen molar-refractivity contribution in [1.29, 1.82) is 0 Å². The van der Waals surface area contributed by atoms with E-state index in [-0.39, 0.29) is 0 Å². The van der Waals surface area contributed by atoms with E-state index in [4.69, 9.17) is 9.47 Å². The smallest absolute Gasteiger partial charge is 0.161 e. The van der Waals surface area contributed by atoms with Gasteiger partial charge in [0.05, 0.1) is 14.2 Å². The Morgan fingerprint density at radius 1 is 1.12 bits per heavy atom. The summed E-state index contributed by atoms with van der Waals surface area (Å²) in [6, 6.07) is 6.10. The zero-order valence-corrected chi connectivity index (χ0v) is 10.5. The van der Waals surface area contributed by atoms with E-state index < -0.39 is 0 Å². The molecule has 1 radical (unpaired) electrons. The Morgan fingerprint density at radius 2 is 1.82 bits per heavy atom. The summed E-state index contributed by atoms with van der Waals surface area (Å²) in [7, 11) is 3.32. The van der Waals surface area contributed by atoms with Gasteiger partial charge in [0, 0.05) is 32.7 Å². The Hall–Kier alpha value is -1.26. The molecule has 0 aliphatic carbocycles. The normalized spacial score (nSPS) is 16.8. The van der Waals surface area contributed by atoms with Gasteiger partial charge in [0.2, 0.25) is 0 Å². The number of methoxy groups -OCH3 is 2. The summed E-state index contributed by atoms with van der Waals surface area (Å²) in [5.41, 5.74) is 1.25. The molecule has 0 spiro atoms. The number of rotatable bonds is 4. The topological polar surface area (TPSA) is 35.8 Å². The van der Waals surface area contributed by atoms with Crippen molar-refractivity contribution in [3.05, 3.63) is 23.8 Å². The summed E-state index contributed by atoms with van der Waals surface area (Å²) in [4.78, 5) is 2.41. The number of hydrogen-bond acceptors (Lipinski definition) is 3. The van der Waals surface area contributed by atoms with E-state index in [1.54, 1.807) is 14.2 Å².